The van der Waals surface area contributed by atoms with Crippen LogP contribution in [0.15, 0.2) is 47.4 Å². The molecule has 1 fully saturated rings. The van der Waals surface area contributed by atoms with Gasteiger partial charge in [-0.2, -0.15) is 4.31 Å². The van der Waals surface area contributed by atoms with Crippen molar-refractivity contribution in [2.45, 2.75) is 18.7 Å². The number of sulfonamides is 1. The number of benzene rings is 2. The van der Waals surface area contributed by atoms with Gasteiger partial charge < -0.3 is 14.8 Å². The van der Waals surface area contributed by atoms with Gasteiger partial charge in [0.15, 0.2) is 6.61 Å². The van der Waals surface area contributed by atoms with Crippen LogP contribution in [-0.2, 0) is 19.6 Å². The zero-order valence-corrected chi connectivity index (χ0v) is 16.8. The Labute approximate surface area is 165 Å². The number of carbonyl (C=O) groups excluding carboxylic acids is 1. The highest BCUT2D eigenvalue weighted by Gasteiger charge is 2.26. The highest BCUT2D eigenvalue weighted by atomic mass is 32.2. The van der Waals surface area contributed by atoms with Crippen molar-refractivity contribution < 1.29 is 22.7 Å². The molecule has 1 N–H and O–H groups in total. The topological polar surface area (TPSA) is 84.9 Å². The maximum atomic E-state index is 12.6. The lowest BCUT2D eigenvalue weighted by Crippen LogP contribution is -2.40. The molecule has 0 unspecified atom stereocenters. The first kappa shape index (κ1) is 20.3. The normalized spacial score (nSPS) is 15.2. The molecule has 0 radical (unpaired) electrons. The molecule has 0 aromatic heterocycles. The first-order valence-electron chi connectivity index (χ1n) is 9.05. The number of nitrogens with zero attached hydrogens (tertiary/aromatic N) is 1. The van der Waals surface area contributed by atoms with Crippen molar-refractivity contribution in [3.8, 4) is 5.75 Å². The average Bonchev–Trinajstić information content (AvgIpc) is 2.70. The molecule has 2 aromatic carbocycles. The van der Waals surface area contributed by atoms with Crippen LogP contribution < -0.4 is 10.1 Å². The average molecular weight is 404 g/mol. The van der Waals surface area contributed by atoms with E-state index in [0.29, 0.717) is 32.1 Å². The fraction of sp³-hybridized carbons (Fsp3) is 0.350. The largest absolute Gasteiger partial charge is 0.484 e. The van der Waals surface area contributed by atoms with Crippen LogP contribution in [-0.4, -0.2) is 51.5 Å². The molecule has 150 valence electrons. The van der Waals surface area contributed by atoms with E-state index in [1.54, 1.807) is 12.1 Å². The van der Waals surface area contributed by atoms with Gasteiger partial charge in [0.05, 0.1) is 18.1 Å². The zero-order chi connectivity index (χ0) is 20.1. The Bertz CT molecular complexity index is 915. The van der Waals surface area contributed by atoms with Crippen molar-refractivity contribution in [1.82, 2.24) is 4.31 Å². The summed E-state index contributed by atoms with van der Waals surface area (Å²) >= 11 is 0. The summed E-state index contributed by atoms with van der Waals surface area (Å²) in [5.74, 6) is 0.153. The van der Waals surface area contributed by atoms with E-state index in [-0.39, 0.29) is 17.4 Å². The third kappa shape index (κ3) is 4.70. The van der Waals surface area contributed by atoms with Gasteiger partial charge >= 0.3 is 0 Å². The summed E-state index contributed by atoms with van der Waals surface area (Å²) in [6, 6.07) is 11.9. The van der Waals surface area contributed by atoms with Crippen molar-refractivity contribution in [2.75, 3.05) is 38.2 Å². The number of morpholine rings is 1. The summed E-state index contributed by atoms with van der Waals surface area (Å²) in [4.78, 5) is 12.4. The van der Waals surface area contributed by atoms with Crippen molar-refractivity contribution >= 4 is 21.6 Å². The Morgan fingerprint density at radius 1 is 1.07 bits per heavy atom. The summed E-state index contributed by atoms with van der Waals surface area (Å²) in [5.41, 5.74) is 2.74. The van der Waals surface area contributed by atoms with E-state index in [1.165, 1.54) is 16.4 Å². The molecule has 1 aliphatic heterocycles. The highest BCUT2D eigenvalue weighted by Crippen LogP contribution is 2.21. The third-order valence-electron chi connectivity index (χ3n) is 4.55. The predicted molar refractivity (Wildman–Crippen MR) is 106 cm³/mol. The summed E-state index contributed by atoms with van der Waals surface area (Å²) < 4.78 is 37.3. The first-order valence-corrected chi connectivity index (χ1v) is 10.5. The van der Waals surface area contributed by atoms with E-state index in [2.05, 4.69) is 5.32 Å². The lowest BCUT2D eigenvalue weighted by Gasteiger charge is -2.26. The fourth-order valence-corrected chi connectivity index (χ4v) is 4.39. The van der Waals surface area contributed by atoms with Crippen LogP contribution in [0.1, 0.15) is 11.1 Å². The molecule has 1 amide bonds. The molecule has 0 aliphatic carbocycles. The molecule has 0 spiro atoms. The quantitative estimate of drug-likeness (QED) is 0.799. The highest BCUT2D eigenvalue weighted by molar-refractivity contribution is 7.89. The first-order chi connectivity index (χ1) is 13.4. The monoisotopic (exact) mass is 404 g/mol. The summed E-state index contributed by atoms with van der Waals surface area (Å²) in [6.45, 7) is 5.18. The van der Waals surface area contributed by atoms with Crippen molar-refractivity contribution in [1.29, 1.82) is 0 Å². The Hall–Kier alpha value is -2.42. The second-order valence-electron chi connectivity index (χ2n) is 6.59. The van der Waals surface area contributed by atoms with Crippen molar-refractivity contribution in [2.24, 2.45) is 0 Å². The van der Waals surface area contributed by atoms with E-state index in [1.807, 2.05) is 32.0 Å². The van der Waals surface area contributed by atoms with E-state index >= 15 is 0 Å². The van der Waals surface area contributed by atoms with Crippen LogP contribution in [0.5, 0.6) is 5.75 Å². The number of rotatable bonds is 6. The minimum Gasteiger partial charge on any atom is -0.484 e. The second-order valence-corrected chi connectivity index (χ2v) is 8.53. The molecule has 28 heavy (non-hydrogen) atoms. The van der Waals surface area contributed by atoms with Gasteiger partial charge in [-0.15, -0.1) is 0 Å². The number of nitrogens with one attached hydrogen (secondary N) is 1. The maximum absolute atomic E-state index is 12.6. The van der Waals surface area contributed by atoms with Gasteiger partial charge in [0, 0.05) is 18.8 Å². The number of amides is 1. The van der Waals surface area contributed by atoms with Crippen molar-refractivity contribution in [3.05, 3.63) is 53.6 Å². The van der Waals surface area contributed by atoms with E-state index in [0.717, 1.165) is 16.8 Å². The Morgan fingerprint density at radius 2 is 1.68 bits per heavy atom. The van der Waals surface area contributed by atoms with Gasteiger partial charge in [0.25, 0.3) is 5.91 Å². The second kappa shape index (κ2) is 8.72. The molecule has 1 saturated heterocycles. The third-order valence-corrected chi connectivity index (χ3v) is 6.46. The van der Waals surface area contributed by atoms with Gasteiger partial charge in [0.1, 0.15) is 5.75 Å². The predicted octanol–water partition coefficient (Wildman–Crippen LogP) is 2.34. The smallest absolute Gasteiger partial charge is 0.262 e. The summed E-state index contributed by atoms with van der Waals surface area (Å²) in [5, 5.41) is 2.85. The van der Waals surface area contributed by atoms with Gasteiger partial charge in [-0.1, -0.05) is 18.2 Å². The van der Waals surface area contributed by atoms with Gasteiger partial charge in [0.2, 0.25) is 10.0 Å². The number of hydrogen-bond donors (Lipinski definition) is 1. The molecule has 0 atom stereocenters. The molecular weight excluding hydrogens is 380 g/mol. The number of hydrogen-bond acceptors (Lipinski definition) is 5. The Balaban J connectivity index is 1.59. The van der Waals surface area contributed by atoms with Crippen LogP contribution in [0.4, 0.5) is 5.69 Å². The maximum Gasteiger partial charge on any atom is 0.262 e. The number of carbonyl (C=O) groups is 1. The van der Waals surface area contributed by atoms with E-state index in [9.17, 15) is 13.2 Å². The molecular formula is C20H24N2O5S. The SMILES string of the molecule is Cc1cccc(C)c1NC(=O)COc1ccc(S(=O)(=O)N2CCOCC2)cc1. The minimum atomic E-state index is -3.54. The number of para-hydroxylation sites is 1. The molecule has 3 rings (SSSR count). The minimum absolute atomic E-state index is 0.163. The van der Waals surface area contributed by atoms with Gasteiger partial charge in [-0.05, 0) is 49.2 Å². The Morgan fingerprint density at radius 3 is 2.29 bits per heavy atom. The zero-order valence-electron chi connectivity index (χ0n) is 16.0. The van der Waals surface area contributed by atoms with Crippen LogP contribution in [0.2, 0.25) is 0 Å². The fourth-order valence-electron chi connectivity index (χ4n) is 2.98. The number of anilines is 1. The van der Waals surface area contributed by atoms with E-state index in [4.69, 9.17) is 9.47 Å². The standard InChI is InChI=1S/C20H24N2O5S/c1-15-4-3-5-16(2)20(15)21-19(23)14-27-17-6-8-18(9-7-17)28(24,25)22-10-12-26-13-11-22/h3-9H,10-14H2,1-2H3,(H,21,23). The molecule has 7 nitrogen and oxygen atoms in total. The molecule has 1 aliphatic rings. The van der Waals surface area contributed by atoms with Gasteiger partial charge in [-0.3, -0.25) is 4.79 Å². The van der Waals surface area contributed by atoms with Crippen LogP contribution in [0.3, 0.4) is 0 Å². The summed E-state index contributed by atoms with van der Waals surface area (Å²) in [7, 11) is -3.54. The number of ether oxygens (including phenoxy) is 2. The lowest BCUT2D eigenvalue weighted by molar-refractivity contribution is -0.118. The molecule has 2 aromatic rings. The molecule has 1 heterocycles. The molecule has 0 saturated carbocycles. The molecule has 8 heteroatoms. The van der Waals surface area contributed by atoms with Crippen molar-refractivity contribution in [3.63, 3.8) is 0 Å². The van der Waals surface area contributed by atoms with Crippen LogP contribution in [0.25, 0.3) is 0 Å². The molecule has 0 bridgehead atoms. The van der Waals surface area contributed by atoms with Gasteiger partial charge in [-0.25, -0.2) is 8.42 Å². The summed E-state index contributed by atoms with van der Waals surface area (Å²) in [6.07, 6.45) is 0. The lowest BCUT2D eigenvalue weighted by atomic mass is 10.1. The van der Waals surface area contributed by atoms with Crippen LogP contribution >= 0.6 is 0 Å². The Kier molecular flexibility index (Phi) is 6.33. The number of aryl methyl sites for hydroxylation is 2. The van der Waals surface area contributed by atoms with E-state index < -0.39 is 10.0 Å². The van der Waals surface area contributed by atoms with Crippen LogP contribution in [0, 0.1) is 13.8 Å².